The highest BCUT2D eigenvalue weighted by atomic mass is 16.1. The first-order valence-corrected chi connectivity index (χ1v) is 5.22. The third-order valence-corrected chi connectivity index (χ3v) is 2.93. The normalized spacial score (nSPS) is 17.5. The molecule has 0 atom stereocenters. The molecule has 1 heterocycles. The van der Waals surface area contributed by atoms with E-state index >= 15 is 0 Å². The van der Waals surface area contributed by atoms with Crippen molar-refractivity contribution in [3.63, 3.8) is 0 Å². The second-order valence-corrected chi connectivity index (χ2v) is 4.17. The zero-order valence-electron chi connectivity index (χ0n) is 8.94. The lowest BCUT2D eigenvalue weighted by Crippen LogP contribution is -2.41. The van der Waals surface area contributed by atoms with Crippen molar-refractivity contribution in [2.45, 2.75) is 5.92 Å². The molecule has 15 heavy (non-hydrogen) atoms. The summed E-state index contributed by atoms with van der Waals surface area (Å²) in [5, 5.41) is 0. The molecule has 1 aromatic rings. The van der Waals surface area contributed by atoms with Gasteiger partial charge in [0.25, 0.3) is 0 Å². The molecule has 0 amide bonds. The molecule has 0 radical (unpaired) electrons. The molecule has 1 saturated heterocycles. The van der Waals surface area contributed by atoms with Crippen molar-refractivity contribution in [1.82, 2.24) is 4.90 Å². The fourth-order valence-corrected chi connectivity index (χ4v) is 1.99. The number of nitrogens with zero attached hydrogens (tertiary/aromatic N) is 1. The number of ketones is 1. The van der Waals surface area contributed by atoms with Crippen LogP contribution in [-0.2, 0) is 0 Å². The van der Waals surface area contributed by atoms with Gasteiger partial charge in [0, 0.05) is 24.6 Å². The number of benzene rings is 1. The Hall–Kier alpha value is -1.19. The van der Waals surface area contributed by atoms with Gasteiger partial charge in [-0.3, -0.25) is 4.79 Å². The lowest BCUT2D eigenvalue weighted by Gasteiger charge is -2.36. The molecule has 0 saturated carbocycles. The Morgan fingerprint density at radius 3 is 2.87 bits per heavy atom. The van der Waals surface area contributed by atoms with Crippen molar-refractivity contribution in [3.05, 3.63) is 35.4 Å². The standard InChI is InChI=1S/C12H16N2O/c1-14-7-11(8-14)9-3-2-4-10(5-9)12(15)6-13/h2-5,11H,6-8,13H2,1H3. The van der Waals surface area contributed by atoms with Gasteiger partial charge in [-0.05, 0) is 18.7 Å². The zero-order valence-corrected chi connectivity index (χ0v) is 8.94. The largest absolute Gasteiger partial charge is 0.324 e. The van der Waals surface area contributed by atoms with Crippen LogP contribution in [0, 0.1) is 0 Å². The smallest absolute Gasteiger partial charge is 0.176 e. The van der Waals surface area contributed by atoms with Crippen LogP contribution in [0.5, 0.6) is 0 Å². The van der Waals surface area contributed by atoms with Crippen LogP contribution >= 0.6 is 0 Å². The molecule has 3 heteroatoms. The van der Waals surface area contributed by atoms with E-state index < -0.39 is 0 Å². The predicted molar refractivity (Wildman–Crippen MR) is 60.1 cm³/mol. The summed E-state index contributed by atoms with van der Waals surface area (Å²) in [6, 6.07) is 7.84. The highest BCUT2D eigenvalue weighted by Gasteiger charge is 2.24. The predicted octanol–water partition coefficient (Wildman–Crippen LogP) is 0.857. The molecule has 1 aliphatic rings. The summed E-state index contributed by atoms with van der Waals surface area (Å²) < 4.78 is 0. The molecule has 3 nitrogen and oxygen atoms in total. The van der Waals surface area contributed by atoms with E-state index in [1.807, 2.05) is 18.2 Å². The molecule has 0 spiro atoms. The van der Waals surface area contributed by atoms with E-state index in [4.69, 9.17) is 5.73 Å². The third kappa shape index (κ3) is 2.08. The van der Waals surface area contributed by atoms with Crippen molar-refractivity contribution >= 4 is 5.78 Å². The van der Waals surface area contributed by atoms with Crippen LogP contribution < -0.4 is 5.73 Å². The van der Waals surface area contributed by atoms with Gasteiger partial charge in [-0.2, -0.15) is 0 Å². The van der Waals surface area contributed by atoms with E-state index in [0.29, 0.717) is 5.92 Å². The topological polar surface area (TPSA) is 46.3 Å². The highest BCUT2D eigenvalue weighted by molar-refractivity contribution is 5.97. The van der Waals surface area contributed by atoms with Gasteiger partial charge in [-0.1, -0.05) is 18.2 Å². The van der Waals surface area contributed by atoms with Gasteiger partial charge in [-0.25, -0.2) is 0 Å². The van der Waals surface area contributed by atoms with E-state index in [2.05, 4.69) is 18.0 Å². The minimum atomic E-state index is 0.0181. The van der Waals surface area contributed by atoms with Gasteiger partial charge in [0.15, 0.2) is 5.78 Å². The van der Waals surface area contributed by atoms with E-state index in [1.165, 1.54) is 5.56 Å². The summed E-state index contributed by atoms with van der Waals surface area (Å²) in [5.41, 5.74) is 7.34. The zero-order chi connectivity index (χ0) is 10.8. The maximum Gasteiger partial charge on any atom is 0.176 e. The van der Waals surface area contributed by atoms with Crippen molar-refractivity contribution in [2.24, 2.45) is 5.73 Å². The molecule has 0 unspecified atom stereocenters. The fourth-order valence-electron chi connectivity index (χ4n) is 1.99. The number of carbonyl (C=O) groups excluding carboxylic acids is 1. The minimum Gasteiger partial charge on any atom is -0.324 e. The van der Waals surface area contributed by atoms with Crippen LogP contribution in [0.3, 0.4) is 0 Å². The van der Waals surface area contributed by atoms with Crippen molar-refractivity contribution in [1.29, 1.82) is 0 Å². The summed E-state index contributed by atoms with van der Waals surface area (Å²) in [5.74, 6) is 0.602. The Bertz CT molecular complexity index is 370. The third-order valence-electron chi connectivity index (χ3n) is 2.93. The molecule has 2 rings (SSSR count). The maximum atomic E-state index is 11.4. The van der Waals surface area contributed by atoms with Crippen LogP contribution in [0.2, 0.25) is 0 Å². The average Bonchev–Trinajstić information content (AvgIpc) is 2.24. The fraction of sp³-hybridized carbons (Fsp3) is 0.417. The molecular weight excluding hydrogens is 188 g/mol. The number of rotatable bonds is 3. The summed E-state index contributed by atoms with van der Waals surface area (Å²) in [6.07, 6.45) is 0. The Labute approximate surface area is 89.9 Å². The van der Waals surface area contributed by atoms with Crippen LogP contribution in [0.4, 0.5) is 0 Å². The maximum absolute atomic E-state index is 11.4. The first kappa shape index (κ1) is 10.3. The van der Waals surface area contributed by atoms with Crippen LogP contribution in [0.15, 0.2) is 24.3 Å². The number of carbonyl (C=O) groups is 1. The minimum absolute atomic E-state index is 0.0181. The molecular formula is C12H16N2O. The SMILES string of the molecule is CN1CC(c2cccc(C(=O)CN)c2)C1. The Morgan fingerprint density at radius 2 is 2.27 bits per heavy atom. The average molecular weight is 204 g/mol. The number of hydrogen-bond donors (Lipinski definition) is 1. The van der Waals surface area contributed by atoms with Crippen LogP contribution in [0.1, 0.15) is 21.8 Å². The van der Waals surface area contributed by atoms with Crippen molar-refractivity contribution in [3.8, 4) is 0 Å². The first-order valence-electron chi connectivity index (χ1n) is 5.22. The molecule has 2 N–H and O–H groups in total. The van der Waals surface area contributed by atoms with Crippen LogP contribution in [0.25, 0.3) is 0 Å². The van der Waals surface area contributed by atoms with Gasteiger partial charge in [-0.15, -0.1) is 0 Å². The lowest BCUT2D eigenvalue weighted by atomic mass is 9.90. The Kier molecular flexibility index (Phi) is 2.84. The van der Waals surface area contributed by atoms with Crippen molar-refractivity contribution in [2.75, 3.05) is 26.7 Å². The molecule has 0 aromatic heterocycles. The second-order valence-electron chi connectivity index (χ2n) is 4.17. The number of nitrogens with two attached hydrogens (primary N) is 1. The van der Waals surface area contributed by atoms with E-state index in [1.54, 1.807) is 0 Å². The second kappa shape index (κ2) is 4.13. The quantitative estimate of drug-likeness (QED) is 0.743. The van der Waals surface area contributed by atoms with Gasteiger partial charge in [0.05, 0.1) is 6.54 Å². The Balaban J connectivity index is 2.16. The van der Waals surface area contributed by atoms with Crippen molar-refractivity contribution < 1.29 is 4.79 Å². The highest BCUT2D eigenvalue weighted by Crippen LogP contribution is 2.25. The molecule has 1 aliphatic heterocycles. The molecule has 1 aromatic carbocycles. The van der Waals surface area contributed by atoms with Crippen LogP contribution in [-0.4, -0.2) is 37.4 Å². The van der Waals surface area contributed by atoms with Gasteiger partial charge in [0.2, 0.25) is 0 Å². The number of Topliss-reactive ketones (excluding diaryl/α,β-unsaturated/α-hetero) is 1. The molecule has 0 bridgehead atoms. The molecule has 1 fully saturated rings. The number of hydrogen-bond acceptors (Lipinski definition) is 3. The number of likely N-dealkylation sites (N-methyl/N-ethyl adjacent to an activating group) is 1. The van der Waals surface area contributed by atoms with E-state index in [9.17, 15) is 4.79 Å². The monoisotopic (exact) mass is 204 g/mol. The summed E-state index contributed by atoms with van der Waals surface area (Å²) in [4.78, 5) is 13.7. The first-order chi connectivity index (χ1) is 7.20. The Morgan fingerprint density at radius 1 is 1.53 bits per heavy atom. The van der Waals surface area contributed by atoms with E-state index in [0.717, 1.165) is 18.7 Å². The van der Waals surface area contributed by atoms with Gasteiger partial charge < -0.3 is 10.6 Å². The molecule has 80 valence electrons. The van der Waals surface area contributed by atoms with E-state index in [-0.39, 0.29) is 12.3 Å². The van der Waals surface area contributed by atoms with Gasteiger partial charge in [0.1, 0.15) is 0 Å². The summed E-state index contributed by atoms with van der Waals surface area (Å²) in [6.45, 7) is 2.26. The summed E-state index contributed by atoms with van der Waals surface area (Å²) >= 11 is 0. The number of likely N-dealkylation sites (tertiary alicyclic amines) is 1. The lowest BCUT2D eigenvalue weighted by molar-refractivity contribution is 0.100. The molecule has 0 aliphatic carbocycles. The summed E-state index contributed by atoms with van der Waals surface area (Å²) in [7, 11) is 2.10. The van der Waals surface area contributed by atoms with Gasteiger partial charge >= 0.3 is 0 Å².